The molecule has 3 heteroatoms. The van der Waals surface area contributed by atoms with E-state index in [-0.39, 0.29) is 22.7 Å². The highest BCUT2D eigenvalue weighted by atomic mass is 16.5. The summed E-state index contributed by atoms with van der Waals surface area (Å²) >= 11 is 0. The third-order valence-electron chi connectivity index (χ3n) is 6.74. The van der Waals surface area contributed by atoms with Gasteiger partial charge in [-0.1, -0.05) is 51.8 Å². The summed E-state index contributed by atoms with van der Waals surface area (Å²) in [5, 5.41) is 11.3. The van der Waals surface area contributed by atoms with Crippen LogP contribution in [0.15, 0.2) is 17.7 Å². The van der Waals surface area contributed by atoms with Crippen molar-refractivity contribution in [3.8, 4) is 11.5 Å². The molecule has 2 aliphatic carbocycles. The van der Waals surface area contributed by atoms with Gasteiger partial charge in [0.2, 0.25) is 5.75 Å². The first-order chi connectivity index (χ1) is 12.2. The number of rotatable bonds is 3. The highest BCUT2D eigenvalue weighted by Gasteiger charge is 2.51. The first-order valence-electron chi connectivity index (χ1n) is 9.69. The maximum absolute atomic E-state index is 11.3. The van der Waals surface area contributed by atoms with Gasteiger partial charge < -0.3 is 14.6 Å². The van der Waals surface area contributed by atoms with E-state index in [2.05, 4.69) is 45.9 Å². The summed E-state index contributed by atoms with van der Waals surface area (Å²) in [4.78, 5) is 0. The summed E-state index contributed by atoms with van der Waals surface area (Å²) in [6.07, 6.45) is 6.37. The van der Waals surface area contributed by atoms with E-state index in [1.165, 1.54) is 18.4 Å². The van der Waals surface area contributed by atoms with Gasteiger partial charge in [-0.2, -0.15) is 0 Å². The van der Waals surface area contributed by atoms with Crippen molar-refractivity contribution in [1.82, 2.24) is 0 Å². The fourth-order valence-corrected chi connectivity index (χ4v) is 5.35. The molecule has 3 rings (SSSR count). The van der Waals surface area contributed by atoms with Crippen LogP contribution in [0, 0.1) is 28.9 Å². The monoisotopic (exact) mass is 356 g/mol. The highest BCUT2D eigenvalue weighted by molar-refractivity contribution is 5.42. The molecule has 0 saturated heterocycles. The van der Waals surface area contributed by atoms with E-state index in [4.69, 9.17) is 9.47 Å². The molecule has 3 nitrogen and oxygen atoms in total. The van der Waals surface area contributed by atoms with E-state index < -0.39 is 6.10 Å². The molecule has 142 valence electrons. The zero-order valence-corrected chi connectivity index (χ0v) is 17.0. The minimum atomic E-state index is -0.426. The molecule has 0 heterocycles. The molecular weight excluding hydrogens is 324 g/mol. The average molecular weight is 357 g/mol. The van der Waals surface area contributed by atoms with E-state index in [1.807, 2.05) is 6.07 Å². The predicted octanol–water partition coefficient (Wildman–Crippen LogP) is 4.93. The lowest BCUT2D eigenvalue weighted by Gasteiger charge is -2.50. The van der Waals surface area contributed by atoms with Crippen LogP contribution in [-0.2, 0) is 0 Å². The standard InChI is InChI=1S/C23H32O3/c1-15-8-11-19-22(2,3)12-7-13-23(19,4)20(21(15)24)16-9-10-17(25-5)18(14-16)26-6/h11,14-15,20-21,24H,7-8,12-13H2,1-6H3/t15-,20?,21?,23+/m1/s1. The van der Waals surface area contributed by atoms with Crippen molar-refractivity contribution in [3.63, 3.8) is 0 Å². The van der Waals surface area contributed by atoms with Crippen molar-refractivity contribution in [2.45, 2.75) is 65.4 Å². The largest absolute Gasteiger partial charge is 0.492 e. The van der Waals surface area contributed by atoms with E-state index in [1.54, 1.807) is 14.2 Å². The van der Waals surface area contributed by atoms with Gasteiger partial charge in [-0.3, -0.25) is 0 Å². The lowest BCUT2D eigenvalue weighted by Crippen LogP contribution is -2.43. The van der Waals surface area contributed by atoms with Gasteiger partial charge in [-0.05, 0) is 48.1 Å². The molecule has 1 aromatic carbocycles. The van der Waals surface area contributed by atoms with Gasteiger partial charge in [-0.15, -0.1) is 0 Å². The zero-order valence-electron chi connectivity index (χ0n) is 17.0. The lowest BCUT2D eigenvalue weighted by atomic mass is 9.54. The van der Waals surface area contributed by atoms with Gasteiger partial charge in [-0.25, -0.2) is 0 Å². The molecule has 0 aromatic heterocycles. The van der Waals surface area contributed by atoms with Gasteiger partial charge in [0.1, 0.15) is 0 Å². The molecule has 4 atom stereocenters. The maximum atomic E-state index is 11.3. The summed E-state index contributed by atoms with van der Waals surface area (Å²) in [6, 6.07) is 8.35. The van der Waals surface area contributed by atoms with Crippen LogP contribution in [-0.4, -0.2) is 25.4 Å². The van der Waals surface area contributed by atoms with Crippen LogP contribution in [0.1, 0.15) is 64.9 Å². The van der Waals surface area contributed by atoms with Crippen LogP contribution < -0.4 is 9.47 Å². The Morgan fingerprint density at radius 3 is 2.50 bits per heavy atom. The van der Waals surface area contributed by atoms with Gasteiger partial charge >= 0.3 is 0 Å². The van der Waals surface area contributed by atoms with Gasteiger partial charge in [0.05, 0.1) is 20.3 Å². The van der Waals surface area contributed by atoms with E-state index in [0.29, 0.717) is 11.5 Å². The number of fused-ring (bicyclic) bond motifs is 1. The minimum Gasteiger partial charge on any atom is -0.492 e. The van der Waals surface area contributed by atoms with Crippen LogP contribution in [0.25, 0.3) is 0 Å². The molecule has 2 aliphatic rings. The molecule has 0 amide bonds. The Labute approximate surface area is 158 Å². The van der Waals surface area contributed by atoms with Crippen LogP contribution >= 0.6 is 0 Å². The van der Waals surface area contributed by atoms with E-state index >= 15 is 0 Å². The van der Waals surface area contributed by atoms with Gasteiger partial charge in [0.25, 0.3) is 0 Å². The second kappa shape index (κ2) is 6.82. The quantitative estimate of drug-likeness (QED) is 0.780. The summed E-state index contributed by atoms with van der Waals surface area (Å²) in [5.41, 5.74) is 2.54. The lowest BCUT2D eigenvalue weighted by molar-refractivity contribution is 0.0336. The van der Waals surface area contributed by atoms with Crippen LogP contribution in [0.2, 0.25) is 0 Å². The van der Waals surface area contributed by atoms with E-state index in [0.717, 1.165) is 18.4 Å². The maximum Gasteiger partial charge on any atom is 0.212 e. The van der Waals surface area contributed by atoms with Crippen molar-refractivity contribution < 1.29 is 14.6 Å². The Hall–Kier alpha value is -1.66. The van der Waals surface area contributed by atoms with Crippen molar-refractivity contribution >= 4 is 0 Å². The normalized spacial score (nSPS) is 33.3. The van der Waals surface area contributed by atoms with Crippen molar-refractivity contribution in [3.05, 3.63) is 35.4 Å². The van der Waals surface area contributed by atoms with E-state index in [9.17, 15) is 5.11 Å². The number of allylic oxidation sites excluding steroid dienone is 2. The van der Waals surface area contributed by atoms with Crippen molar-refractivity contribution in [2.24, 2.45) is 16.7 Å². The molecule has 0 spiro atoms. The molecular formula is C23H32O3. The fourth-order valence-electron chi connectivity index (χ4n) is 5.35. The zero-order chi connectivity index (χ0) is 19.1. The average Bonchev–Trinajstić information content (AvgIpc) is 2.69. The van der Waals surface area contributed by atoms with Crippen LogP contribution in [0.4, 0.5) is 0 Å². The summed E-state index contributed by atoms with van der Waals surface area (Å²) in [7, 11) is 3.24. The molecule has 1 fully saturated rings. The molecule has 1 aromatic rings. The fraction of sp³-hybridized carbons (Fsp3) is 0.652. The Bertz CT molecular complexity index is 691. The molecule has 0 radical (unpaired) electrons. The van der Waals surface area contributed by atoms with Crippen molar-refractivity contribution in [2.75, 3.05) is 14.2 Å². The second-order valence-corrected chi connectivity index (χ2v) is 8.91. The Morgan fingerprint density at radius 2 is 1.85 bits per heavy atom. The smallest absolute Gasteiger partial charge is 0.212 e. The molecule has 0 aliphatic heterocycles. The van der Waals surface area contributed by atoms with Crippen LogP contribution in [0.5, 0.6) is 11.5 Å². The first kappa shape index (κ1) is 19.1. The number of aliphatic hydroxyl groups is 1. The molecule has 1 N–H and O–H groups in total. The molecule has 1 saturated carbocycles. The third-order valence-corrected chi connectivity index (χ3v) is 6.74. The van der Waals surface area contributed by atoms with Crippen LogP contribution in [0.3, 0.4) is 0 Å². The number of hydrogen-bond acceptors (Lipinski definition) is 3. The minimum absolute atomic E-state index is 0.0260. The number of methoxy groups -OCH3 is 2. The number of aliphatic hydroxyl groups excluding tert-OH is 1. The first-order valence-corrected chi connectivity index (χ1v) is 9.69. The highest BCUT2D eigenvalue weighted by Crippen LogP contribution is 2.60. The SMILES string of the molecule is COc1c#cc(C2C(O)[C@H](C)CC=C3C(C)(C)CCC[C@@]32C)cc1OC. The Morgan fingerprint density at radius 1 is 1.12 bits per heavy atom. The molecule has 2 unspecified atom stereocenters. The van der Waals surface area contributed by atoms with Gasteiger partial charge in [0, 0.05) is 11.5 Å². The van der Waals surface area contributed by atoms with Gasteiger partial charge in [0.15, 0.2) is 5.75 Å². The van der Waals surface area contributed by atoms with Crippen molar-refractivity contribution in [1.29, 1.82) is 0 Å². The molecule has 0 bridgehead atoms. The Kier molecular flexibility index (Phi) is 5.01. The summed E-state index contributed by atoms with van der Waals surface area (Å²) < 4.78 is 10.8. The predicted molar refractivity (Wildman–Crippen MR) is 104 cm³/mol. The summed E-state index contributed by atoms with van der Waals surface area (Å²) in [5.74, 6) is 1.38. The second-order valence-electron chi connectivity index (χ2n) is 8.91. The Balaban J connectivity index is 2.15. The number of hydrogen-bond donors (Lipinski definition) is 1. The molecule has 26 heavy (non-hydrogen) atoms. The number of ether oxygens (including phenoxy) is 2. The topological polar surface area (TPSA) is 38.7 Å². The third kappa shape index (κ3) is 2.99. The summed E-state index contributed by atoms with van der Waals surface area (Å²) in [6.45, 7) is 9.17.